The average molecular weight is 323 g/mol. The SMILES string of the molecule is CN1CCOC(Cn2ccnc2-c2ccc(-n3ccnc3)cc2)C1. The van der Waals surface area contributed by atoms with Gasteiger partial charge in [0, 0.05) is 49.1 Å². The van der Waals surface area contributed by atoms with E-state index in [9.17, 15) is 0 Å². The van der Waals surface area contributed by atoms with E-state index in [1.165, 1.54) is 0 Å². The summed E-state index contributed by atoms with van der Waals surface area (Å²) in [6, 6.07) is 8.37. The Morgan fingerprint density at radius 3 is 2.79 bits per heavy atom. The molecule has 0 radical (unpaired) electrons. The van der Waals surface area contributed by atoms with Gasteiger partial charge in [0.15, 0.2) is 0 Å². The molecule has 4 rings (SSSR count). The van der Waals surface area contributed by atoms with Gasteiger partial charge in [-0.25, -0.2) is 9.97 Å². The van der Waals surface area contributed by atoms with Crippen molar-refractivity contribution in [1.82, 2.24) is 24.0 Å². The Morgan fingerprint density at radius 1 is 1.17 bits per heavy atom. The standard InChI is InChI=1S/C18H21N5O/c1-21-10-11-24-17(12-21)13-22-9-7-20-18(22)15-2-4-16(5-3-15)23-8-6-19-14-23/h2-9,14,17H,10-13H2,1H3. The van der Waals surface area contributed by atoms with Crippen LogP contribution in [0.15, 0.2) is 55.4 Å². The summed E-state index contributed by atoms with van der Waals surface area (Å²) in [6.45, 7) is 3.58. The Kier molecular flexibility index (Phi) is 4.15. The van der Waals surface area contributed by atoms with E-state index in [0.717, 1.165) is 43.3 Å². The molecule has 1 aliphatic heterocycles. The van der Waals surface area contributed by atoms with Crippen LogP contribution < -0.4 is 0 Å². The summed E-state index contributed by atoms with van der Waals surface area (Å²) in [4.78, 5) is 10.9. The summed E-state index contributed by atoms with van der Waals surface area (Å²) in [7, 11) is 2.14. The van der Waals surface area contributed by atoms with Gasteiger partial charge in [0.1, 0.15) is 5.82 Å². The molecule has 24 heavy (non-hydrogen) atoms. The molecule has 3 heterocycles. The van der Waals surface area contributed by atoms with E-state index < -0.39 is 0 Å². The van der Waals surface area contributed by atoms with Crippen LogP contribution in [0.4, 0.5) is 0 Å². The van der Waals surface area contributed by atoms with E-state index in [0.29, 0.717) is 0 Å². The molecule has 0 spiro atoms. The molecule has 1 aliphatic rings. The molecule has 1 fully saturated rings. The zero-order valence-corrected chi connectivity index (χ0v) is 13.7. The average Bonchev–Trinajstić information content (AvgIpc) is 3.27. The topological polar surface area (TPSA) is 48.1 Å². The third kappa shape index (κ3) is 3.11. The number of ether oxygens (including phenoxy) is 1. The van der Waals surface area contributed by atoms with E-state index in [1.807, 2.05) is 23.2 Å². The van der Waals surface area contributed by atoms with Gasteiger partial charge < -0.3 is 18.8 Å². The minimum atomic E-state index is 0.210. The van der Waals surface area contributed by atoms with E-state index in [1.54, 1.807) is 12.5 Å². The molecule has 0 N–H and O–H groups in total. The Morgan fingerprint density at radius 2 is 2.04 bits per heavy atom. The van der Waals surface area contributed by atoms with Gasteiger partial charge in [-0.1, -0.05) is 0 Å². The molecule has 1 aromatic carbocycles. The summed E-state index contributed by atoms with van der Waals surface area (Å²) in [5, 5.41) is 0. The van der Waals surface area contributed by atoms with Crippen LogP contribution in [0.25, 0.3) is 17.1 Å². The molecule has 0 saturated carbocycles. The zero-order chi connectivity index (χ0) is 16.4. The first-order chi connectivity index (χ1) is 11.8. The van der Waals surface area contributed by atoms with Crippen molar-refractivity contribution in [2.24, 2.45) is 0 Å². The number of benzene rings is 1. The largest absolute Gasteiger partial charge is 0.374 e. The second-order valence-electron chi connectivity index (χ2n) is 6.18. The Bertz CT molecular complexity index is 778. The van der Waals surface area contributed by atoms with Crippen molar-refractivity contribution in [1.29, 1.82) is 0 Å². The minimum Gasteiger partial charge on any atom is -0.374 e. The van der Waals surface area contributed by atoms with Crippen molar-refractivity contribution in [3.05, 3.63) is 55.4 Å². The molecule has 1 unspecified atom stereocenters. The number of morpholine rings is 1. The predicted octanol–water partition coefficient (Wildman–Crippen LogP) is 2.07. The first-order valence-electron chi connectivity index (χ1n) is 8.19. The van der Waals surface area contributed by atoms with Gasteiger partial charge in [-0.2, -0.15) is 0 Å². The lowest BCUT2D eigenvalue weighted by Crippen LogP contribution is -2.41. The van der Waals surface area contributed by atoms with Crippen molar-refractivity contribution >= 4 is 0 Å². The number of imidazole rings is 2. The van der Waals surface area contributed by atoms with Crippen LogP contribution in [-0.2, 0) is 11.3 Å². The molecule has 2 aromatic heterocycles. The monoisotopic (exact) mass is 323 g/mol. The van der Waals surface area contributed by atoms with Gasteiger partial charge in [-0.15, -0.1) is 0 Å². The predicted molar refractivity (Wildman–Crippen MR) is 92.0 cm³/mol. The van der Waals surface area contributed by atoms with Gasteiger partial charge in [0.2, 0.25) is 0 Å². The van der Waals surface area contributed by atoms with E-state index in [-0.39, 0.29) is 6.10 Å². The van der Waals surface area contributed by atoms with Crippen LogP contribution in [0.2, 0.25) is 0 Å². The van der Waals surface area contributed by atoms with E-state index in [2.05, 4.69) is 50.7 Å². The third-order valence-corrected chi connectivity index (χ3v) is 4.39. The molecular formula is C18H21N5O. The fourth-order valence-electron chi connectivity index (χ4n) is 3.11. The van der Waals surface area contributed by atoms with Gasteiger partial charge in [0.25, 0.3) is 0 Å². The smallest absolute Gasteiger partial charge is 0.139 e. The molecule has 6 nitrogen and oxygen atoms in total. The van der Waals surface area contributed by atoms with Crippen LogP contribution in [0.1, 0.15) is 0 Å². The fraction of sp³-hybridized carbons (Fsp3) is 0.333. The zero-order valence-electron chi connectivity index (χ0n) is 13.7. The number of aromatic nitrogens is 4. The second-order valence-corrected chi connectivity index (χ2v) is 6.18. The Labute approximate surface area is 141 Å². The molecule has 124 valence electrons. The van der Waals surface area contributed by atoms with Crippen LogP contribution in [0, 0.1) is 0 Å². The lowest BCUT2D eigenvalue weighted by atomic mass is 10.2. The highest BCUT2D eigenvalue weighted by atomic mass is 16.5. The first kappa shape index (κ1) is 15.1. The summed E-state index contributed by atoms with van der Waals surface area (Å²) in [5.74, 6) is 0.976. The summed E-state index contributed by atoms with van der Waals surface area (Å²) >= 11 is 0. The molecular weight excluding hydrogens is 302 g/mol. The third-order valence-electron chi connectivity index (χ3n) is 4.39. The number of likely N-dealkylation sites (N-methyl/N-ethyl adjacent to an activating group) is 1. The first-order valence-corrected chi connectivity index (χ1v) is 8.19. The van der Waals surface area contributed by atoms with Crippen LogP contribution >= 0.6 is 0 Å². The summed E-state index contributed by atoms with van der Waals surface area (Å²) in [5.41, 5.74) is 2.19. The maximum absolute atomic E-state index is 5.88. The lowest BCUT2D eigenvalue weighted by molar-refractivity contribution is -0.0272. The molecule has 0 aliphatic carbocycles. The van der Waals surface area contributed by atoms with Crippen molar-refractivity contribution in [2.75, 3.05) is 26.7 Å². The quantitative estimate of drug-likeness (QED) is 0.737. The van der Waals surface area contributed by atoms with E-state index in [4.69, 9.17) is 4.74 Å². The van der Waals surface area contributed by atoms with E-state index >= 15 is 0 Å². The second kappa shape index (κ2) is 6.59. The maximum atomic E-state index is 5.88. The van der Waals surface area contributed by atoms with Crippen LogP contribution in [0.3, 0.4) is 0 Å². The molecule has 0 bridgehead atoms. The summed E-state index contributed by atoms with van der Waals surface area (Å²) in [6.07, 6.45) is 9.60. The highest BCUT2D eigenvalue weighted by Crippen LogP contribution is 2.20. The molecule has 3 aromatic rings. The molecule has 0 amide bonds. The Balaban J connectivity index is 1.53. The lowest BCUT2D eigenvalue weighted by Gasteiger charge is -2.30. The fourth-order valence-corrected chi connectivity index (χ4v) is 3.11. The summed E-state index contributed by atoms with van der Waals surface area (Å²) < 4.78 is 10.0. The number of hydrogen-bond donors (Lipinski definition) is 0. The van der Waals surface area contributed by atoms with Crippen molar-refractivity contribution in [2.45, 2.75) is 12.6 Å². The molecule has 6 heteroatoms. The maximum Gasteiger partial charge on any atom is 0.139 e. The molecule has 1 saturated heterocycles. The number of nitrogens with zero attached hydrogens (tertiary/aromatic N) is 5. The highest BCUT2D eigenvalue weighted by Gasteiger charge is 2.19. The van der Waals surface area contributed by atoms with Gasteiger partial charge in [0.05, 0.1) is 25.6 Å². The Hall–Kier alpha value is -2.44. The number of hydrogen-bond acceptors (Lipinski definition) is 4. The van der Waals surface area contributed by atoms with Gasteiger partial charge >= 0.3 is 0 Å². The van der Waals surface area contributed by atoms with Crippen molar-refractivity contribution in [3.8, 4) is 17.1 Å². The minimum absolute atomic E-state index is 0.210. The van der Waals surface area contributed by atoms with Crippen LogP contribution in [0.5, 0.6) is 0 Å². The van der Waals surface area contributed by atoms with Crippen molar-refractivity contribution in [3.63, 3.8) is 0 Å². The normalized spacial score (nSPS) is 18.8. The van der Waals surface area contributed by atoms with Gasteiger partial charge in [-0.05, 0) is 31.3 Å². The van der Waals surface area contributed by atoms with Gasteiger partial charge in [-0.3, -0.25) is 0 Å². The molecule has 1 atom stereocenters. The number of rotatable bonds is 4. The highest BCUT2D eigenvalue weighted by molar-refractivity contribution is 5.57. The van der Waals surface area contributed by atoms with Crippen LogP contribution in [-0.4, -0.2) is 56.9 Å². The van der Waals surface area contributed by atoms with Crippen molar-refractivity contribution < 1.29 is 4.74 Å².